The van der Waals surface area contributed by atoms with Gasteiger partial charge in [0.1, 0.15) is 5.65 Å². The predicted molar refractivity (Wildman–Crippen MR) is 97.9 cm³/mol. The van der Waals surface area contributed by atoms with E-state index in [1.54, 1.807) is 28.5 Å². The van der Waals surface area contributed by atoms with Crippen molar-refractivity contribution in [3.05, 3.63) is 57.9 Å². The minimum Gasteiger partial charge on any atom is -0.376 e. The minimum atomic E-state index is -0.614. The number of rotatable bonds is 5. The molecule has 0 aliphatic carbocycles. The summed E-state index contributed by atoms with van der Waals surface area (Å²) in [5.74, 6) is -1.01. The third-order valence-electron chi connectivity index (χ3n) is 4.60. The Balaban J connectivity index is 1.65. The van der Waals surface area contributed by atoms with Crippen molar-refractivity contribution in [1.29, 1.82) is 0 Å². The minimum absolute atomic E-state index is 0.0000715. The quantitative estimate of drug-likeness (QED) is 0.686. The molecule has 0 spiro atoms. The first-order valence-electron chi connectivity index (χ1n) is 8.68. The normalized spacial score (nSPS) is 17.1. The van der Waals surface area contributed by atoms with E-state index >= 15 is 0 Å². The number of imidazole rings is 1. The first-order chi connectivity index (χ1) is 12.6. The number of ether oxygens (including phenoxy) is 1. The van der Waals surface area contributed by atoms with E-state index < -0.39 is 11.9 Å². The molecule has 136 valence electrons. The van der Waals surface area contributed by atoms with Crippen molar-refractivity contribution in [2.45, 2.75) is 32.4 Å². The van der Waals surface area contributed by atoms with Crippen molar-refractivity contribution in [2.75, 3.05) is 13.2 Å². The lowest BCUT2D eigenvalue weighted by molar-refractivity contribution is 0.0499. The van der Waals surface area contributed by atoms with Crippen LogP contribution in [0.25, 0.3) is 5.65 Å². The highest BCUT2D eigenvalue weighted by Crippen LogP contribution is 2.20. The fraction of sp³-hybridized carbons (Fsp3) is 0.368. The lowest BCUT2D eigenvalue weighted by Gasteiger charge is -2.24. The zero-order chi connectivity index (χ0) is 18.1. The number of amides is 1. The summed E-state index contributed by atoms with van der Waals surface area (Å²) in [5, 5.41) is 3.97. The van der Waals surface area contributed by atoms with Crippen LogP contribution in [-0.4, -0.2) is 39.4 Å². The molecule has 1 aliphatic heterocycles. The van der Waals surface area contributed by atoms with Crippen molar-refractivity contribution in [2.24, 2.45) is 0 Å². The summed E-state index contributed by atoms with van der Waals surface area (Å²) in [6.07, 6.45) is 3.56. The van der Waals surface area contributed by atoms with Crippen LogP contribution in [0.1, 0.15) is 34.5 Å². The smallest absolute Gasteiger partial charge is 0.277 e. The molecule has 1 fully saturated rings. The van der Waals surface area contributed by atoms with Gasteiger partial charge in [-0.15, -0.1) is 0 Å². The largest absolute Gasteiger partial charge is 0.376 e. The van der Waals surface area contributed by atoms with E-state index in [2.05, 4.69) is 4.98 Å². The predicted octanol–water partition coefficient (Wildman–Crippen LogP) is 3.66. The van der Waals surface area contributed by atoms with E-state index in [-0.39, 0.29) is 11.8 Å². The molecule has 1 aliphatic rings. The number of fused-ring (bicyclic) bond motifs is 1. The fourth-order valence-electron chi connectivity index (χ4n) is 3.26. The molecular formula is C19H20FN3O2S. The molecule has 5 nitrogen and oxygen atoms in total. The highest BCUT2D eigenvalue weighted by molar-refractivity contribution is 7.07. The number of pyridine rings is 1. The van der Waals surface area contributed by atoms with E-state index in [1.807, 2.05) is 29.8 Å². The molecular weight excluding hydrogens is 353 g/mol. The van der Waals surface area contributed by atoms with Crippen LogP contribution in [0.2, 0.25) is 0 Å². The molecule has 26 heavy (non-hydrogen) atoms. The zero-order valence-electron chi connectivity index (χ0n) is 14.5. The average molecular weight is 373 g/mol. The van der Waals surface area contributed by atoms with Gasteiger partial charge < -0.3 is 9.64 Å². The monoisotopic (exact) mass is 373 g/mol. The molecule has 3 aromatic heterocycles. The lowest BCUT2D eigenvalue weighted by Crippen LogP contribution is -2.37. The molecule has 0 bridgehead atoms. The van der Waals surface area contributed by atoms with Crippen LogP contribution < -0.4 is 0 Å². The topological polar surface area (TPSA) is 46.8 Å². The van der Waals surface area contributed by atoms with Gasteiger partial charge in [0.2, 0.25) is 5.95 Å². The summed E-state index contributed by atoms with van der Waals surface area (Å²) in [4.78, 5) is 19.0. The van der Waals surface area contributed by atoms with Crippen LogP contribution in [0.4, 0.5) is 4.39 Å². The van der Waals surface area contributed by atoms with Crippen LogP contribution >= 0.6 is 11.3 Å². The molecule has 1 atom stereocenters. The fourth-order valence-corrected chi connectivity index (χ4v) is 3.92. The Kier molecular flexibility index (Phi) is 4.74. The molecule has 0 radical (unpaired) electrons. The number of aryl methyl sites for hydroxylation is 1. The molecule has 1 amide bonds. The van der Waals surface area contributed by atoms with Gasteiger partial charge in [-0.2, -0.15) is 15.7 Å². The van der Waals surface area contributed by atoms with Crippen LogP contribution in [0, 0.1) is 12.9 Å². The second-order valence-corrected chi connectivity index (χ2v) is 7.42. The second-order valence-electron chi connectivity index (χ2n) is 6.64. The van der Waals surface area contributed by atoms with Crippen molar-refractivity contribution >= 4 is 22.9 Å². The molecule has 7 heteroatoms. The van der Waals surface area contributed by atoms with E-state index in [4.69, 9.17) is 4.74 Å². The van der Waals surface area contributed by atoms with Crippen molar-refractivity contribution < 1.29 is 13.9 Å². The van der Waals surface area contributed by atoms with Gasteiger partial charge >= 0.3 is 0 Å². The summed E-state index contributed by atoms with van der Waals surface area (Å²) in [6.45, 7) is 3.46. The molecule has 1 saturated heterocycles. The average Bonchev–Trinajstić information content (AvgIpc) is 3.37. The highest BCUT2D eigenvalue weighted by atomic mass is 32.1. The van der Waals surface area contributed by atoms with Crippen LogP contribution in [0.3, 0.4) is 0 Å². The Morgan fingerprint density at radius 2 is 2.35 bits per heavy atom. The zero-order valence-corrected chi connectivity index (χ0v) is 15.3. The van der Waals surface area contributed by atoms with E-state index in [0.29, 0.717) is 25.3 Å². The lowest BCUT2D eigenvalue weighted by atomic mass is 10.2. The number of hydrogen-bond acceptors (Lipinski definition) is 4. The van der Waals surface area contributed by atoms with E-state index in [0.717, 1.165) is 24.0 Å². The molecule has 0 saturated carbocycles. The van der Waals surface area contributed by atoms with Crippen LogP contribution in [0.5, 0.6) is 0 Å². The van der Waals surface area contributed by atoms with Gasteiger partial charge in [-0.1, -0.05) is 6.07 Å². The molecule has 0 unspecified atom stereocenters. The van der Waals surface area contributed by atoms with Crippen molar-refractivity contribution in [3.63, 3.8) is 0 Å². The SMILES string of the molecule is Cc1ccc2nc(C(=O)N(Cc3ccsc3)C[C@@H]3CCCO3)c(F)n2c1. The summed E-state index contributed by atoms with van der Waals surface area (Å²) in [7, 11) is 0. The summed E-state index contributed by atoms with van der Waals surface area (Å²) in [6, 6.07) is 5.55. The Hall–Kier alpha value is -2.25. The van der Waals surface area contributed by atoms with Crippen LogP contribution in [0.15, 0.2) is 35.2 Å². The number of halogens is 1. The Morgan fingerprint density at radius 1 is 1.46 bits per heavy atom. The molecule has 3 aromatic rings. The first kappa shape index (κ1) is 17.2. The van der Waals surface area contributed by atoms with Gasteiger partial charge in [0.25, 0.3) is 5.91 Å². The molecule has 4 rings (SSSR count). The maximum atomic E-state index is 14.8. The standard InChI is InChI=1S/C19H20FN3O2S/c1-13-4-5-16-21-17(18(20)23(16)9-13)19(24)22(10-14-6-8-26-12-14)11-15-3-2-7-25-15/h4-6,8-9,12,15H,2-3,7,10-11H2,1H3/t15-/m0/s1. The Labute approximate surface area is 155 Å². The van der Waals surface area contributed by atoms with Crippen molar-refractivity contribution in [3.8, 4) is 0 Å². The van der Waals surface area contributed by atoms with Crippen LogP contribution in [-0.2, 0) is 11.3 Å². The highest BCUT2D eigenvalue weighted by Gasteiger charge is 2.28. The van der Waals surface area contributed by atoms with E-state index in [9.17, 15) is 9.18 Å². The van der Waals surface area contributed by atoms with Gasteiger partial charge in [0, 0.05) is 25.9 Å². The third kappa shape index (κ3) is 3.37. The Morgan fingerprint density at radius 3 is 3.08 bits per heavy atom. The number of hydrogen-bond donors (Lipinski definition) is 0. The third-order valence-corrected chi connectivity index (χ3v) is 5.33. The van der Waals surface area contributed by atoms with Gasteiger partial charge in [-0.25, -0.2) is 4.98 Å². The maximum absolute atomic E-state index is 14.8. The number of aromatic nitrogens is 2. The number of nitrogens with zero attached hydrogens (tertiary/aromatic N) is 3. The molecule has 4 heterocycles. The van der Waals surface area contributed by atoms with Gasteiger partial charge in [-0.3, -0.25) is 9.20 Å². The maximum Gasteiger partial charge on any atom is 0.277 e. The molecule has 0 N–H and O–H groups in total. The van der Waals surface area contributed by atoms with Gasteiger partial charge in [0.05, 0.1) is 6.10 Å². The summed E-state index contributed by atoms with van der Waals surface area (Å²) >= 11 is 1.58. The summed E-state index contributed by atoms with van der Waals surface area (Å²) < 4.78 is 21.8. The number of carbonyl (C=O) groups is 1. The number of carbonyl (C=O) groups excluding carboxylic acids is 1. The molecule has 0 aromatic carbocycles. The Bertz CT molecular complexity index is 916. The van der Waals surface area contributed by atoms with Crippen molar-refractivity contribution in [1.82, 2.24) is 14.3 Å². The number of thiophene rings is 1. The van der Waals surface area contributed by atoms with Gasteiger partial charge in [-0.05, 0) is 53.8 Å². The first-order valence-corrected chi connectivity index (χ1v) is 9.62. The summed E-state index contributed by atoms with van der Waals surface area (Å²) in [5.41, 5.74) is 2.23. The van der Waals surface area contributed by atoms with E-state index in [1.165, 1.54) is 4.40 Å². The second kappa shape index (κ2) is 7.17. The van der Waals surface area contributed by atoms with Gasteiger partial charge in [0.15, 0.2) is 5.69 Å².